The molecule has 2 aliphatic heterocycles. The summed E-state index contributed by atoms with van der Waals surface area (Å²) in [5.41, 5.74) is -0.0377. The molecule has 0 aliphatic carbocycles. The summed E-state index contributed by atoms with van der Waals surface area (Å²) in [6.07, 6.45) is 1.20. The Balaban J connectivity index is 1.63. The molecule has 2 atom stereocenters. The monoisotopic (exact) mass is 334 g/mol. The van der Waals surface area contributed by atoms with Gasteiger partial charge in [-0.05, 0) is 18.2 Å². The molecular weight excluding hydrogens is 320 g/mol. The van der Waals surface area contributed by atoms with Gasteiger partial charge >= 0.3 is 5.97 Å². The van der Waals surface area contributed by atoms with Crippen LogP contribution in [0, 0.1) is 10.1 Å². The highest BCUT2D eigenvalue weighted by Gasteiger charge is 2.50. The van der Waals surface area contributed by atoms with Crippen molar-refractivity contribution in [1.82, 2.24) is 4.90 Å². The number of nitro groups is 1. The Morgan fingerprint density at radius 2 is 2.17 bits per heavy atom. The molecule has 1 N–H and O–H groups in total. The molecular formula is C15H14N2O7. The molecule has 0 spiro atoms. The van der Waals surface area contributed by atoms with Crippen LogP contribution in [0.15, 0.2) is 36.1 Å². The number of amides is 1. The van der Waals surface area contributed by atoms with E-state index in [0.717, 1.165) is 0 Å². The smallest absolute Gasteiger partial charge is 0.305 e. The summed E-state index contributed by atoms with van der Waals surface area (Å²) in [7, 11) is 0. The number of carboxylic acids is 1. The molecule has 2 fully saturated rings. The molecule has 9 heteroatoms. The number of β-lactam (4-membered cyclic amide) rings is 1. The van der Waals surface area contributed by atoms with E-state index in [9.17, 15) is 19.7 Å². The van der Waals surface area contributed by atoms with Gasteiger partial charge in [-0.2, -0.15) is 0 Å². The minimum Gasteiger partial charge on any atom is -0.489 e. The third-order valence-corrected chi connectivity index (χ3v) is 3.83. The molecule has 0 radical (unpaired) electrons. The van der Waals surface area contributed by atoms with Crippen molar-refractivity contribution in [1.29, 1.82) is 0 Å². The van der Waals surface area contributed by atoms with Crippen LogP contribution in [-0.4, -0.2) is 45.7 Å². The standard InChI is InChI=1S/C15H14N2O7/c18-13-8-14-16(13)11(7-15(19)20)12(24-14)5-6-23-10-3-1-9(2-4-10)17(21)22/h1-5,11,14H,6-8H2,(H,19,20)/b12-5-. The van der Waals surface area contributed by atoms with E-state index in [-0.39, 0.29) is 31.0 Å². The maximum absolute atomic E-state index is 11.6. The normalized spacial score (nSPS) is 23.4. The van der Waals surface area contributed by atoms with Crippen LogP contribution in [-0.2, 0) is 14.3 Å². The number of hydrogen-bond acceptors (Lipinski definition) is 6. The van der Waals surface area contributed by atoms with Gasteiger partial charge in [0.15, 0.2) is 6.23 Å². The number of carbonyl (C=O) groups is 2. The highest BCUT2D eigenvalue weighted by molar-refractivity contribution is 5.85. The number of hydrogen-bond donors (Lipinski definition) is 1. The number of rotatable bonds is 6. The molecule has 1 aromatic carbocycles. The highest BCUT2D eigenvalue weighted by Crippen LogP contribution is 2.37. The molecule has 1 aromatic rings. The van der Waals surface area contributed by atoms with E-state index in [1.54, 1.807) is 6.08 Å². The van der Waals surface area contributed by atoms with Gasteiger partial charge < -0.3 is 14.6 Å². The maximum Gasteiger partial charge on any atom is 0.305 e. The molecule has 2 heterocycles. The van der Waals surface area contributed by atoms with Gasteiger partial charge in [0.1, 0.15) is 24.2 Å². The van der Waals surface area contributed by atoms with Crippen LogP contribution in [0.25, 0.3) is 0 Å². The summed E-state index contributed by atoms with van der Waals surface area (Å²) in [4.78, 5) is 34.0. The van der Waals surface area contributed by atoms with E-state index < -0.39 is 23.2 Å². The molecule has 2 saturated heterocycles. The Morgan fingerprint density at radius 1 is 1.46 bits per heavy atom. The first-order chi connectivity index (χ1) is 11.5. The number of ether oxygens (including phenoxy) is 2. The number of nitrogens with zero attached hydrogens (tertiary/aromatic N) is 2. The van der Waals surface area contributed by atoms with E-state index in [4.69, 9.17) is 14.6 Å². The topological polar surface area (TPSA) is 119 Å². The first-order valence-corrected chi connectivity index (χ1v) is 7.22. The third kappa shape index (κ3) is 3.00. The second-order valence-electron chi connectivity index (χ2n) is 5.36. The van der Waals surface area contributed by atoms with E-state index in [2.05, 4.69) is 0 Å². The lowest BCUT2D eigenvalue weighted by Crippen LogP contribution is -2.53. The minimum absolute atomic E-state index is 0.0377. The summed E-state index contributed by atoms with van der Waals surface area (Å²) in [5, 5.41) is 19.6. The van der Waals surface area contributed by atoms with E-state index >= 15 is 0 Å². The predicted octanol–water partition coefficient (Wildman–Crippen LogP) is 1.29. The Kier molecular flexibility index (Phi) is 4.07. The van der Waals surface area contributed by atoms with Crippen LogP contribution < -0.4 is 4.74 Å². The first-order valence-electron chi connectivity index (χ1n) is 7.22. The van der Waals surface area contributed by atoms with Crippen LogP contribution in [0.1, 0.15) is 12.8 Å². The SMILES string of the molecule is O=C(O)CC1/C(=C/COc2ccc([N+](=O)[O-])cc2)OC2CC(=O)N21. The van der Waals surface area contributed by atoms with Crippen molar-refractivity contribution in [2.45, 2.75) is 25.1 Å². The van der Waals surface area contributed by atoms with Gasteiger partial charge in [-0.25, -0.2) is 0 Å². The van der Waals surface area contributed by atoms with Gasteiger partial charge in [0, 0.05) is 12.1 Å². The number of benzene rings is 1. The van der Waals surface area contributed by atoms with E-state index in [0.29, 0.717) is 11.5 Å². The lowest BCUT2D eigenvalue weighted by Gasteiger charge is -2.34. The van der Waals surface area contributed by atoms with Crippen LogP contribution in [0.4, 0.5) is 5.69 Å². The van der Waals surface area contributed by atoms with Gasteiger partial charge in [0.05, 0.1) is 17.8 Å². The molecule has 9 nitrogen and oxygen atoms in total. The zero-order valence-corrected chi connectivity index (χ0v) is 12.5. The van der Waals surface area contributed by atoms with Crippen LogP contribution in [0.2, 0.25) is 0 Å². The molecule has 0 aromatic heterocycles. The van der Waals surface area contributed by atoms with Gasteiger partial charge in [-0.15, -0.1) is 0 Å². The Hall–Kier alpha value is -3.10. The Bertz CT molecular complexity index is 713. The minimum atomic E-state index is -1.02. The van der Waals surface area contributed by atoms with Crippen LogP contribution >= 0.6 is 0 Å². The zero-order valence-electron chi connectivity index (χ0n) is 12.5. The quantitative estimate of drug-likeness (QED) is 0.473. The molecule has 2 unspecified atom stereocenters. The Morgan fingerprint density at radius 3 is 2.75 bits per heavy atom. The maximum atomic E-state index is 11.6. The fourth-order valence-electron chi connectivity index (χ4n) is 2.68. The van der Waals surface area contributed by atoms with Gasteiger partial charge in [-0.3, -0.25) is 24.6 Å². The molecule has 1 amide bonds. The summed E-state index contributed by atoms with van der Waals surface area (Å²) >= 11 is 0. The number of fused-ring (bicyclic) bond motifs is 1. The molecule has 24 heavy (non-hydrogen) atoms. The van der Waals surface area contributed by atoms with E-state index in [1.807, 2.05) is 0 Å². The summed E-state index contributed by atoms with van der Waals surface area (Å²) in [6.45, 7) is 0.0953. The average molecular weight is 334 g/mol. The largest absolute Gasteiger partial charge is 0.489 e. The molecule has 0 bridgehead atoms. The summed E-state index contributed by atoms with van der Waals surface area (Å²) < 4.78 is 11.0. The number of carboxylic acid groups (broad SMARTS) is 1. The fourth-order valence-corrected chi connectivity index (χ4v) is 2.68. The van der Waals surface area contributed by atoms with Crippen molar-refractivity contribution in [3.8, 4) is 5.75 Å². The zero-order chi connectivity index (χ0) is 17.3. The Labute approximate surface area is 136 Å². The molecule has 0 saturated carbocycles. The van der Waals surface area contributed by atoms with Crippen molar-refractivity contribution in [2.75, 3.05) is 6.61 Å². The fraction of sp³-hybridized carbons (Fsp3) is 0.333. The van der Waals surface area contributed by atoms with E-state index in [1.165, 1.54) is 29.2 Å². The number of nitro benzene ring substituents is 1. The van der Waals surface area contributed by atoms with Crippen LogP contribution in [0.5, 0.6) is 5.75 Å². The van der Waals surface area contributed by atoms with Crippen molar-refractivity contribution in [2.24, 2.45) is 0 Å². The predicted molar refractivity (Wildman–Crippen MR) is 79.1 cm³/mol. The molecule has 2 aliphatic rings. The lowest BCUT2D eigenvalue weighted by atomic mass is 10.1. The van der Waals surface area contributed by atoms with Gasteiger partial charge in [0.25, 0.3) is 5.69 Å². The second kappa shape index (κ2) is 6.19. The number of carbonyl (C=O) groups excluding carboxylic acids is 1. The van der Waals surface area contributed by atoms with Crippen molar-refractivity contribution >= 4 is 17.6 Å². The van der Waals surface area contributed by atoms with Crippen molar-refractivity contribution in [3.63, 3.8) is 0 Å². The first kappa shape index (κ1) is 15.8. The van der Waals surface area contributed by atoms with Gasteiger partial charge in [0.2, 0.25) is 5.91 Å². The average Bonchev–Trinajstić information content (AvgIpc) is 2.78. The third-order valence-electron chi connectivity index (χ3n) is 3.83. The number of non-ortho nitro benzene ring substituents is 1. The van der Waals surface area contributed by atoms with Crippen molar-refractivity contribution in [3.05, 3.63) is 46.2 Å². The second-order valence-corrected chi connectivity index (χ2v) is 5.36. The van der Waals surface area contributed by atoms with Crippen LogP contribution in [0.3, 0.4) is 0 Å². The highest BCUT2D eigenvalue weighted by atomic mass is 16.6. The van der Waals surface area contributed by atoms with Gasteiger partial charge in [-0.1, -0.05) is 0 Å². The number of aliphatic carboxylic acids is 1. The summed E-state index contributed by atoms with van der Waals surface area (Å²) in [5.74, 6) is -0.322. The molecule has 126 valence electrons. The lowest BCUT2D eigenvalue weighted by molar-refractivity contribution is -0.384. The van der Waals surface area contributed by atoms with Crippen molar-refractivity contribution < 1.29 is 29.1 Å². The molecule has 3 rings (SSSR count). The summed E-state index contributed by atoms with van der Waals surface area (Å²) in [6, 6.07) is 4.97.